The summed E-state index contributed by atoms with van der Waals surface area (Å²) in [6.07, 6.45) is -5.00. The highest BCUT2D eigenvalue weighted by Gasteiger charge is 2.51. The molecule has 0 aliphatic carbocycles. The fourth-order valence-electron chi connectivity index (χ4n) is 3.44. The molecule has 2 aromatic carbocycles. The fraction of sp³-hybridized carbons (Fsp3) is 0.381. The Morgan fingerprint density at radius 3 is 2.39 bits per heavy atom. The van der Waals surface area contributed by atoms with Crippen LogP contribution < -0.4 is 0 Å². The number of aliphatic hydroxyl groups excluding tert-OH is 1. The van der Waals surface area contributed by atoms with E-state index in [-0.39, 0.29) is 6.61 Å². The molecule has 2 aliphatic heterocycles. The van der Waals surface area contributed by atoms with Crippen LogP contribution in [0.5, 0.6) is 0 Å². The molecule has 2 saturated heterocycles. The maximum Gasteiger partial charge on any atom is 0.338 e. The van der Waals surface area contributed by atoms with Crippen molar-refractivity contribution in [2.45, 2.75) is 37.0 Å². The van der Waals surface area contributed by atoms with Gasteiger partial charge in [-0.05, 0) is 12.1 Å². The normalized spacial score (nSPS) is 32.4. The first-order valence-corrected chi connectivity index (χ1v) is 9.11. The summed E-state index contributed by atoms with van der Waals surface area (Å²) in [6.45, 7) is 0.218. The summed E-state index contributed by atoms with van der Waals surface area (Å²) < 4.78 is 28.4. The molecule has 28 heavy (non-hydrogen) atoms. The quantitative estimate of drug-likeness (QED) is 0.806. The summed E-state index contributed by atoms with van der Waals surface area (Å²) >= 11 is 0. The van der Waals surface area contributed by atoms with E-state index < -0.39 is 43.0 Å². The zero-order valence-electron chi connectivity index (χ0n) is 15.3. The topological polar surface area (TPSA) is 83.5 Å². The molecule has 2 heterocycles. The Balaban J connectivity index is 1.56. The van der Waals surface area contributed by atoms with Gasteiger partial charge in [-0.2, -0.15) is 0 Å². The minimum atomic E-state index is -1.20. The van der Waals surface area contributed by atoms with Crippen molar-refractivity contribution in [1.29, 1.82) is 0 Å². The number of ether oxygens (including phenoxy) is 5. The lowest BCUT2D eigenvalue weighted by Gasteiger charge is -2.47. The van der Waals surface area contributed by atoms with Crippen LogP contribution in [0, 0.1) is 0 Å². The zero-order valence-corrected chi connectivity index (χ0v) is 15.3. The van der Waals surface area contributed by atoms with Gasteiger partial charge >= 0.3 is 5.97 Å². The molecule has 0 amide bonds. The second-order valence-electron chi connectivity index (χ2n) is 6.68. The van der Waals surface area contributed by atoms with E-state index in [0.717, 1.165) is 5.56 Å². The first-order valence-electron chi connectivity index (χ1n) is 9.11. The number of rotatable bonds is 4. The number of methoxy groups -OCH3 is 1. The highest BCUT2D eigenvalue weighted by molar-refractivity contribution is 5.89. The summed E-state index contributed by atoms with van der Waals surface area (Å²) in [5.41, 5.74) is 1.22. The standard InChI is InChI=1S/C21H22O7/c1-24-21-16(22)18(27-19(23)13-8-4-2-5-9-13)17-15(26-21)12-25-20(28-17)14-10-6-3-7-11-14/h2-11,15-18,20-22H,12H2,1H3/t15-,16+,17-,18-,20-,21-/m1/s1. The van der Waals surface area contributed by atoms with Crippen LogP contribution in [0.1, 0.15) is 22.2 Å². The lowest BCUT2D eigenvalue weighted by Crippen LogP contribution is -2.63. The van der Waals surface area contributed by atoms with Gasteiger partial charge in [-0.1, -0.05) is 48.5 Å². The molecule has 0 unspecified atom stereocenters. The predicted octanol–water partition coefficient (Wildman–Crippen LogP) is 2.06. The molecule has 4 rings (SSSR count). The van der Waals surface area contributed by atoms with Crippen molar-refractivity contribution in [3.8, 4) is 0 Å². The van der Waals surface area contributed by atoms with E-state index in [4.69, 9.17) is 23.7 Å². The minimum absolute atomic E-state index is 0.218. The SMILES string of the molecule is CO[C@@H]1O[C@@H]2CO[C@@H](c3ccccc3)O[C@H]2[C@H](OC(=O)c2ccccc2)[C@@H]1O. The number of hydrogen-bond acceptors (Lipinski definition) is 7. The lowest BCUT2D eigenvalue weighted by molar-refractivity contribution is -0.357. The highest BCUT2D eigenvalue weighted by atomic mass is 16.8. The van der Waals surface area contributed by atoms with E-state index in [1.807, 2.05) is 36.4 Å². The first kappa shape index (κ1) is 19.0. The smallest absolute Gasteiger partial charge is 0.338 e. The largest absolute Gasteiger partial charge is 0.453 e. The Hall–Kier alpha value is -2.29. The molecule has 0 spiro atoms. The molecular weight excluding hydrogens is 364 g/mol. The zero-order chi connectivity index (χ0) is 19.5. The van der Waals surface area contributed by atoms with Gasteiger partial charge in [-0.15, -0.1) is 0 Å². The van der Waals surface area contributed by atoms with Crippen LogP contribution in [0.3, 0.4) is 0 Å². The number of fused-ring (bicyclic) bond motifs is 1. The average Bonchev–Trinajstić information content (AvgIpc) is 2.76. The second kappa shape index (κ2) is 8.38. The maximum absolute atomic E-state index is 12.6. The van der Waals surface area contributed by atoms with Gasteiger partial charge < -0.3 is 28.8 Å². The Morgan fingerprint density at radius 2 is 1.71 bits per heavy atom. The van der Waals surface area contributed by atoms with Crippen LogP contribution in [0.25, 0.3) is 0 Å². The Morgan fingerprint density at radius 1 is 1.04 bits per heavy atom. The third-order valence-electron chi connectivity index (χ3n) is 4.86. The number of aliphatic hydroxyl groups is 1. The van der Waals surface area contributed by atoms with Gasteiger partial charge in [0, 0.05) is 12.7 Å². The summed E-state index contributed by atoms with van der Waals surface area (Å²) in [7, 11) is 1.42. The van der Waals surface area contributed by atoms with Crippen molar-refractivity contribution >= 4 is 5.97 Å². The van der Waals surface area contributed by atoms with Crippen LogP contribution in [-0.4, -0.2) is 55.5 Å². The van der Waals surface area contributed by atoms with Gasteiger partial charge in [-0.25, -0.2) is 4.79 Å². The maximum atomic E-state index is 12.6. The number of carbonyl (C=O) groups is 1. The first-order chi connectivity index (χ1) is 13.7. The fourth-order valence-corrected chi connectivity index (χ4v) is 3.44. The van der Waals surface area contributed by atoms with Crippen molar-refractivity contribution in [3.63, 3.8) is 0 Å². The van der Waals surface area contributed by atoms with E-state index in [0.29, 0.717) is 5.56 Å². The third-order valence-corrected chi connectivity index (χ3v) is 4.86. The predicted molar refractivity (Wildman–Crippen MR) is 97.3 cm³/mol. The molecule has 7 nitrogen and oxygen atoms in total. The molecule has 0 radical (unpaired) electrons. The number of carbonyl (C=O) groups excluding carboxylic acids is 1. The highest BCUT2D eigenvalue weighted by Crippen LogP contribution is 2.35. The average molecular weight is 386 g/mol. The van der Waals surface area contributed by atoms with Crippen molar-refractivity contribution < 1.29 is 33.6 Å². The van der Waals surface area contributed by atoms with Gasteiger partial charge in [0.25, 0.3) is 0 Å². The summed E-state index contributed by atoms with van der Waals surface area (Å²) in [5.74, 6) is -0.550. The molecule has 2 fully saturated rings. The number of esters is 1. The summed E-state index contributed by atoms with van der Waals surface area (Å²) in [4.78, 5) is 12.6. The summed E-state index contributed by atoms with van der Waals surface area (Å²) in [5, 5.41) is 10.7. The van der Waals surface area contributed by atoms with Crippen molar-refractivity contribution in [2.75, 3.05) is 13.7 Å². The Kier molecular flexibility index (Phi) is 5.70. The molecule has 7 heteroatoms. The van der Waals surface area contributed by atoms with Crippen molar-refractivity contribution in [3.05, 3.63) is 71.8 Å². The molecule has 6 atom stereocenters. The third kappa shape index (κ3) is 3.80. The van der Waals surface area contributed by atoms with Gasteiger partial charge in [0.15, 0.2) is 18.7 Å². The van der Waals surface area contributed by atoms with Crippen LogP contribution in [0.2, 0.25) is 0 Å². The van der Waals surface area contributed by atoms with Gasteiger partial charge in [-0.3, -0.25) is 0 Å². The molecular formula is C21H22O7. The Bertz CT molecular complexity index is 782. The van der Waals surface area contributed by atoms with E-state index in [1.54, 1.807) is 24.3 Å². The summed E-state index contributed by atoms with van der Waals surface area (Å²) in [6, 6.07) is 18.0. The monoisotopic (exact) mass is 386 g/mol. The molecule has 148 valence electrons. The van der Waals surface area contributed by atoms with Gasteiger partial charge in [0.1, 0.15) is 18.3 Å². The van der Waals surface area contributed by atoms with Crippen LogP contribution >= 0.6 is 0 Å². The lowest BCUT2D eigenvalue weighted by atomic mass is 9.97. The van der Waals surface area contributed by atoms with Crippen molar-refractivity contribution in [2.24, 2.45) is 0 Å². The molecule has 2 aromatic rings. The van der Waals surface area contributed by atoms with Crippen LogP contribution in [-0.2, 0) is 23.7 Å². The number of hydrogen-bond donors (Lipinski definition) is 1. The minimum Gasteiger partial charge on any atom is -0.453 e. The van der Waals surface area contributed by atoms with Crippen LogP contribution in [0.4, 0.5) is 0 Å². The van der Waals surface area contributed by atoms with Gasteiger partial charge in [0.2, 0.25) is 0 Å². The van der Waals surface area contributed by atoms with E-state index in [1.165, 1.54) is 7.11 Å². The van der Waals surface area contributed by atoms with Crippen LogP contribution in [0.15, 0.2) is 60.7 Å². The number of benzene rings is 2. The molecule has 1 N–H and O–H groups in total. The molecule has 0 bridgehead atoms. The van der Waals surface area contributed by atoms with Gasteiger partial charge in [0.05, 0.1) is 12.2 Å². The van der Waals surface area contributed by atoms with E-state index >= 15 is 0 Å². The molecule has 2 aliphatic rings. The Labute approximate surface area is 162 Å². The molecule has 0 saturated carbocycles. The van der Waals surface area contributed by atoms with E-state index in [9.17, 15) is 9.90 Å². The van der Waals surface area contributed by atoms with E-state index in [2.05, 4.69) is 0 Å². The second-order valence-corrected chi connectivity index (χ2v) is 6.68. The molecule has 0 aromatic heterocycles. The van der Waals surface area contributed by atoms with Crippen molar-refractivity contribution in [1.82, 2.24) is 0 Å².